The summed E-state index contributed by atoms with van der Waals surface area (Å²) in [6, 6.07) is 6.33. The summed E-state index contributed by atoms with van der Waals surface area (Å²) in [5.41, 5.74) is 0.315. The zero-order valence-electron chi connectivity index (χ0n) is 10.9. The minimum atomic E-state index is -0.751. The van der Waals surface area contributed by atoms with Crippen molar-refractivity contribution in [2.75, 3.05) is 12.4 Å². The highest BCUT2D eigenvalue weighted by molar-refractivity contribution is 6.29. The molecule has 0 aliphatic heterocycles. The van der Waals surface area contributed by atoms with Gasteiger partial charge in [-0.1, -0.05) is 11.6 Å². The smallest absolute Gasteiger partial charge is 0.340 e. The zero-order chi connectivity index (χ0) is 15.4. The minimum Gasteiger partial charge on any atom is -0.465 e. The Labute approximate surface area is 124 Å². The molecule has 0 bridgehead atoms. The number of aromatic nitrogens is 1. The van der Waals surface area contributed by atoms with Crippen LogP contribution in [0.15, 0.2) is 36.5 Å². The number of nitrogens with one attached hydrogen (secondary N) is 1. The Balaban J connectivity index is 2.28. The van der Waals surface area contributed by atoms with E-state index >= 15 is 0 Å². The Morgan fingerprint density at radius 1 is 1.29 bits per heavy atom. The van der Waals surface area contributed by atoms with Gasteiger partial charge < -0.3 is 10.1 Å². The van der Waals surface area contributed by atoms with Crippen LogP contribution in [0.3, 0.4) is 0 Å². The molecule has 0 unspecified atom stereocenters. The second kappa shape index (κ2) is 6.32. The second-order valence-corrected chi connectivity index (χ2v) is 4.39. The standard InChI is InChI=1S/C14H10ClFN2O3/c1-21-14(20)10-6-9(16)3-4-11(10)18-13(19)8-2-5-12(15)17-7-8/h2-7H,1H3,(H,18,19). The lowest BCUT2D eigenvalue weighted by atomic mass is 10.1. The van der Waals surface area contributed by atoms with Crippen molar-refractivity contribution in [1.82, 2.24) is 4.98 Å². The molecule has 1 amide bonds. The van der Waals surface area contributed by atoms with Crippen molar-refractivity contribution in [3.05, 3.63) is 58.6 Å². The van der Waals surface area contributed by atoms with Crippen molar-refractivity contribution in [2.24, 2.45) is 0 Å². The number of benzene rings is 1. The number of hydrogen-bond acceptors (Lipinski definition) is 4. The fourth-order valence-electron chi connectivity index (χ4n) is 1.61. The number of halogens is 2. The van der Waals surface area contributed by atoms with Crippen LogP contribution in [0.4, 0.5) is 10.1 Å². The van der Waals surface area contributed by atoms with Gasteiger partial charge in [0.05, 0.1) is 23.9 Å². The quantitative estimate of drug-likeness (QED) is 0.699. The topological polar surface area (TPSA) is 68.3 Å². The number of rotatable bonds is 3. The number of anilines is 1. The lowest BCUT2D eigenvalue weighted by Crippen LogP contribution is -2.15. The van der Waals surface area contributed by atoms with Crippen molar-refractivity contribution in [1.29, 1.82) is 0 Å². The summed E-state index contributed by atoms with van der Waals surface area (Å²) in [5.74, 6) is -1.86. The van der Waals surface area contributed by atoms with Gasteiger partial charge in [-0.05, 0) is 30.3 Å². The van der Waals surface area contributed by atoms with E-state index in [9.17, 15) is 14.0 Å². The highest BCUT2D eigenvalue weighted by Gasteiger charge is 2.16. The van der Waals surface area contributed by atoms with Crippen molar-refractivity contribution >= 4 is 29.2 Å². The Hall–Kier alpha value is -2.47. The molecule has 7 heteroatoms. The maximum atomic E-state index is 13.2. The maximum absolute atomic E-state index is 13.2. The Bertz CT molecular complexity index is 689. The monoisotopic (exact) mass is 308 g/mol. The number of ether oxygens (including phenoxy) is 1. The second-order valence-electron chi connectivity index (χ2n) is 4.01. The Morgan fingerprint density at radius 2 is 2.05 bits per heavy atom. The van der Waals surface area contributed by atoms with Crippen molar-refractivity contribution in [2.45, 2.75) is 0 Å². The highest BCUT2D eigenvalue weighted by Crippen LogP contribution is 2.19. The lowest BCUT2D eigenvalue weighted by molar-refractivity contribution is 0.0601. The van der Waals surface area contributed by atoms with Crippen LogP contribution in [0.2, 0.25) is 5.15 Å². The molecule has 0 aliphatic carbocycles. The summed E-state index contributed by atoms with van der Waals surface area (Å²) in [7, 11) is 1.17. The summed E-state index contributed by atoms with van der Waals surface area (Å²) in [6.45, 7) is 0. The third kappa shape index (κ3) is 3.55. The lowest BCUT2D eigenvalue weighted by Gasteiger charge is -2.09. The van der Waals surface area contributed by atoms with Crippen LogP contribution >= 0.6 is 11.6 Å². The number of esters is 1. The molecule has 5 nitrogen and oxygen atoms in total. The number of amides is 1. The fourth-order valence-corrected chi connectivity index (χ4v) is 1.72. The average Bonchev–Trinajstić information content (AvgIpc) is 2.48. The van der Waals surface area contributed by atoms with E-state index in [0.29, 0.717) is 0 Å². The predicted molar refractivity (Wildman–Crippen MR) is 74.9 cm³/mol. The Morgan fingerprint density at radius 3 is 2.67 bits per heavy atom. The number of carbonyl (C=O) groups is 2. The van der Waals surface area contributed by atoms with Gasteiger partial charge in [-0.2, -0.15) is 0 Å². The van der Waals surface area contributed by atoms with Crippen LogP contribution in [-0.2, 0) is 4.74 Å². The summed E-state index contributed by atoms with van der Waals surface area (Å²) in [5, 5.41) is 2.75. The van der Waals surface area contributed by atoms with Gasteiger partial charge in [-0.15, -0.1) is 0 Å². The third-order valence-corrected chi connectivity index (χ3v) is 2.85. The summed E-state index contributed by atoms with van der Waals surface area (Å²) in [4.78, 5) is 27.4. The van der Waals surface area contributed by atoms with Crippen molar-refractivity contribution < 1.29 is 18.7 Å². The van der Waals surface area contributed by atoms with Crippen LogP contribution in [0.5, 0.6) is 0 Å². The summed E-state index contributed by atoms with van der Waals surface area (Å²) < 4.78 is 17.8. The first-order valence-electron chi connectivity index (χ1n) is 5.82. The van der Waals surface area contributed by atoms with E-state index in [1.807, 2.05) is 0 Å². The molecule has 1 aromatic heterocycles. The van der Waals surface area contributed by atoms with Crippen LogP contribution in [0, 0.1) is 5.82 Å². The number of carbonyl (C=O) groups excluding carboxylic acids is 2. The molecule has 0 spiro atoms. The van der Waals surface area contributed by atoms with Crippen LogP contribution in [0.25, 0.3) is 0 Å². The number of nitrogens with zero attached hydrogens (tertiary/aromatic N) is 1. The van der Waals surface area contributed by atoms with Gasteiger partial charge >= 0.3 is 5.97 Å². The van der Waals surface area contributed by atoms with Gasteiger partial charge in [0, 0.05) is 6.20 Å². The van der Waals surface area contributed by atoms with Crippen LogP contribution < -0.4 is 5.32 Å². The van der Waals surface area contributed by atoms with E-state index in [1.165, 1.54) is 31.5 Å². The number of hydrogen-bond donors (Lipinski definition) is 1. The average molecular weight is 309 g/mol. The first-order valence-corrected chi connectivity index (χ1v) is 6.20. The molecule has 2 aromatic rings. The zero-order valence-corrected chi connectivity index (χ0v) is 11.6. The molecule has 1 heterocycles. The van der Waals surface area contributed by atoms with Gasteiger partial charge in [0.2, 0.25) is 0 Å². The van der Waals surface area contributed by atoms with Gasteiger partial charge in [0.1, 0.15) is 11.0 Å². The van der Waals surface area contributed by atoms with E-state index in [-0.39, 0.29) is 22.0 Å². The molecule has 1 N–H and O–H groups in total. The first-order chi connectivity index (χ1) is 10.0. The van der Waals surface area contributed by atoms with Gasteiger partial charge in [0.15, 0.2) is 0 Å². The van der Waals surface area contributed by atoms with Gasteiger partial charge in [0.25, 0.3) is 5.91 Å². The van der Waals surface area contributed by atoms with E-state index in [0.717, 1.165) is 12.1 Å². The normalized spacial score (nSPS) is 10.0. The molecule has 0 radical (unpaired) electrons. The largest absolute Gasteiger partial charge is 0.465 e. The van der Waals surface area contributed by atoms with E-state index in [1.54, 1.807) is 0 Å². The number of pyridine rings is 1. The SMILES string of the molecule is COC(=O)c1cc(F)ccc1NC(=O)c1ccc(Cl)nc1. The molecule has 0 saturated heterocycles. The predicted octanol–water partition coefficient (Wildman–Crippen LogP) is 2.91. The molecule has 108 valence electrons. The minimum absolute atomic E-state index is 0.0761. The number of methoxy groups -OCH3 is 1. The molecular formula is C14H10ClFN2O3. The third-order valence-electron chi connectivity index (χ3n) is 2.62. The van der Waals surface area contributed by atoms with Crippen molar-refractivity contribution in [3.8, 4) is 0 Å². The molecule has 0 fully saturated rings. The molecule has 1 aromatic carbocycles. The van der Waals surface area contributed by atoms with Gasteiger partial charge in [-0.25, -0.2) is 14.2 Å². The van der Waals surface area contributed by atoms with Crippen molar-refractivity contribution in [3.63, 3.8) is 0 Å². The molecule has 0 aliphatic rings. The summed E-state index contributed by atoms with van der Waals surface area (Å²) in [6.07, 6.45) is 1.29. The fraction of sp³-hybridized carbons (Fsp3) is 0.0714. The van der Waals surface area contributed by atoms with E-state index < -0.39 is 17.7 Å². The Kier molecular flexibility index (Phi) is 4.49. The molecule has 2 rings (SSSR count). The molecule has 21 heavy (non-hydrogen) atoms. The highest BCUT2D eigenvalue weighted by atomic mass is 35.5. The first kappa shape index (κ1) is 14.9. The van der Waals surface area contributed by atoms with Crippen LogP contribution in [0.1, 0.15) is 20.7 Å². The molecule has 0 saturated carbocycles. The maximum Gasteiger partial charge on any atom is 0.340 e. The molecular weight excluding hydrogens is 299 g/mol. The van der Waals surface area contributed by atoms with E-state index in [4.69, 9.17) is 11.6 Å². The van der Waals surface area contributed by atoms with Crippen LogP contribution in [-0.4, -0.2) is 24.0 Å². The van der Waals surface area contributed by atoms with Gasteiger partial charge in [-0.3, -0.25) is 4.79 Å². The summed E-state index contributed by atoms with van der Waals surface area (Å²) >= 11 is 5.63. The van der Waals surface area contributed by atoms with E-state index in [2.05, 4.69) is 15.0 Å². The molecule has 0 atom stereocenters.